The van der Waals surface area contributed by atoms with Crippen LogP contribution in [0, 0.1) is 0 Å². The van der Waals surface area contributed by atoms with Gasteiger partial charge in [0.2, 0.25) is 5.91 Å². The van der Waals surface area contributed by atoms with Crippen molar-refractivity contribution in [2.24, 2.45) is 0 Å². The number of aryl methyl sites for hydroxylation is 3. The average Bonchev–Trinajstić information content (AvgIpc) is 2.75. The number of amides is 1. The van der Waals surface area contributed by atoms with Crippen LogP contribution in [0.15, 0.2) is 4.79 Å². The second kappa shape index (κ2) is 7.90. The lowest BCUT2D eigenvalue weighted by Gasteiger charge is -2.04. The van der Waals surface area contributed by atoms with Gasteiger partial charge in [-0.2, -0.15) is 0 Å². The largest absolute Gasteiger partial charge is 0.383 e. The van der Waals surface area contributed by atoms with Crippen LogP contribution in [0.2, 0.25) is 0 Å². The molecule has 1 aliphatic rings. The summed E-state index contributed by atoms with van der Waals surface area (Å²) in [6.45, 7) is 0.990. The monoisotopic (exact) mass is 349 g/mol. The zero-order valence-corrected chi connectivity index (χ0v) is 14.8. The number of hydrogen-bond donors (Lipinski definition) is 2. The number of aromatic amines is 1. The summed E-state index contributed by atoms with van der Waals surface area (Å²) in [5, 5.41) is 3.54. The maximum absolute atomic E-state index is 12.5. The molecule has 0 unspecified atom stereocenters. The number of carbonyl (C=O) groups is 1. The molecule has 1 aliphatic carbocycles. The number of aromatic nitrogens is 2. The van der Waals surface area contributed by atoms with Crippen molar-refractivity contribution in [2.75, 3.05) is 20.3 Å². The van der Waals surface area contributed by atoms with Crippen LogP contribution in [0.25, 0.3) is 10.2 Å². The van der Waals surface area contributed by atoms with E-state index < -0.39 is 0 Å². The summed E-state index contributed by atoms with van der Waals surface area (Å²) in [7, 11) is 1.60. The molecule has 7 heteroatoms. The molecule has 0 aliphatic heterocycles. The van der Waals surface area contributed by atoms with E-state index in [-0.39, 0.29) is 11.5 Å². The molecule has 2 aromatic heterocycles. The molecule has 2 aromatic rings. The van der Waals surface area contributed by atoms with Gasteiger partial charge >= 0.3 is 0 Å². The molecule has 2 N–H and O–H groups in total. The van der Waals surface area contributed by atoms with Crippen molar-refractivity contribution in [3.8, 4) is 0 Å². The summed E-state index contributed by atoms with van der Waals surface area (Å²) in [5.41, 5.74) is 1.14. The smallest absolute Gasteiger partial charge is 0.259 e. The second-order valence-electron chi connectivity index (χ2n) is 6.10. The molecule has 3 rings (SSSR count). The third-order valence-electron chi connectivity index (χ3n) is 4.34. The van der Waals surface area contributed by atoms with Crippen LogP contribution < -0.4 is 10.9 Å². The number of thiophene rings is 1. The summed E-state index contributed by atoms with van der Waals surface area (Å²) < 4.78 is 4.89. The first-order valence-electron chi connectivity index (χ1n) is 8.48. The Labute approximate surface area is 144 Å². The van der Waals surface area contributed by atoms with E-state index in [1.807, 2.05) is 0 Å². The first-order chi connectivity index (χ1) is 11.7. The Balaban J connectivity index is 1.74. The molecule has 0 spiro atoms. The Kier molecular flexibility index (Phi) is 5.63. The maximum Gasteiger partial charge on any atom is 0.259 e. The summed E-state index contributed by atoms with van der Waals surface area (Å²) in [5.74, 6) is 0.530. The van der Waals surface area contributed by atoms with Crippen molar-refractivity contribution in [1.82, 2.24) is 15.3 Å². The first kappa shape index (κ1) is 17.1. The number of nitrogens with one attached hydrogen (secondary N) is 2. The molecule has 2 heterocycles. The molecule has 6 nitrogen and oxygen atoms in total. The SMILES string of the molecule is COCCNC(=O)CCc1nc2sc3c(c2c(=O)[nH]1)CCCCC3. The molecule has 0 saturated heterocycles. The molecule has 0 fully saturated rings. The van der Waals surface area contributed by atoms with E-state index in [9.17, 15) is 9.59 Å². The van der Waals surface area contributed by atoms with Crippen molar-refractivity contribution in [2.45, 2.75) is 44.9 Å². The number of hydrogen-bond acceptors (Lipinski definition) is 5. The van der Waals surface area contributed by atoms with Gasteiger partial charge in [-0.05, 0) is 31.2 Å². The predicted molar refractivity (Wildman–Crippen MR) is 94.7 cm³/mol. The van der Waals surface area contributed by atoms with Crippen LogP contribution in [0.3, 0.4) is 0 Å². The van der Waals surface area contributed by atoms with Crippen LogP contribution >= 0.6 is 11.3 Å². The minimum atomic E-state index is -0.0609. The first-order valence-corrected chi connectivity index (χ1v) is 9.29. The highest BCUT2D eigenvalue weighted by Crippen LogP contribution is 2.32. The van der Waals surface area contributed by atoms with Crippen molar-refractivity contribution >= 4 is 27.5 Å². The van der Waals surface area contributed by atoms with Crippen LogP contribution in [-0.2, 0) is 28.8 Å². The van der Waals surface area contributed by atoms with E-state index in [2.05, 4.69) is 15.3 Å². The highest BCUT2D eigenvalue weighted by atomic mass is 32.1. The lowest BCUT2D eigenvalue weighted by molar-refractivity contribution is -0.121. The second-order valence-corrected chi connectivity index (χ2v) is 7.18. The number of H-pyrrole nitrogens is 1. The van der Waals surface area contributed by atoms with E-state index in [4.69, 9.17) is 4.74 Å². The topological polar surface area (TPSA) is 84.1 Å². The maximum atomic E-state index is 12.5. The third-order valence-corrected chi connectivity index (χ3v) is 5.53. The number of rotatable bonds is 6. The molecule has 0 bridgehead atoms. The van der Waals surface area contributed by atoms with E-state index in [1.54, 1.807) is 18.4 Å². The van der Waals surface area contributed by atoms with E-state index in [0.29, 0.717) is 31.8 Å². The normalized spacial score (nSPS) is 14.4. The van der Waals surface area contributed by atoms with E-state index >= 15 is 0 Å². The quantitative estimate of drug-likeness (QED) is 0.617. The lowest BCUT2D eigenvalue weighted by Crippen LogP contribution is -2.27. The summed E-state index contributed by atoms with van der Waals surface area (Å²) in [6.07, 6.45) is 6.32. The van der Waals surface area contributed by atoms with Crippen molar-refractivity contribution in [1.29, 1.82) is 0 Å². The number of fused-ring (bicyclic) bond motifs is 3. The Morgan fingerprint density at radius 2 is 2.17 bits per heavy atom. The van der Waals surface area contributed by atoms with Gasteiger partial charge in [-0.1, -0.05) is 6.42 Å². The Morgan fingerprint density at radius 3 is 3.00 bits per heavy atom. The molecule has 0 aromatic carbocycles. The van der Waals surface area contributed by atoms with Gasteiger partial charge in [0.1, 0.15) is 10.7 Å². The van der Waals surface area contributed by atoms with Gasteiger partial charge in [0.05, 0.1) is 12.0 Å². The van der Waals surface area contributed by atoms with Gasteiger partial charge in [0.15, 0.2) is 0 Å². The standard InChI is InChI=1S/C17H23N3O3S/c1-23-10-9-18-14(21)8-7-13-19-16(22)15-11-5-3-2-4-6-12(11)24-17(15)20-13/h2-10H2,1H3,(H,18,21)(H,19,20,22). The summed E-state index contributed by atoms with van der Waals surface area (Å²) >= 11 is 1.64. The molecule has 24 heavy (non-hydrogen) atoms. The Morgan fingerprint density at radius 1 is 1.33 bits per heavy atom. The van der Waals surface area contributed by atoms with Gasteiger partial charge in [-0.25, -0.2) is 4.98 Å². The van der Waals surface area contributed by atoms with Crippen LogP contribution in [0.5, 0.6) is 0 Å². The number of nitrogens with zero attached hydrogens (tertiary/aromatic N) is 1. The van der Waals surface area contributed by atoms with Crippen LogP contribution in [0.4, 0.5) is 0 Å². The van der Waals surface area contributed by atoms with Gasteiger partial charge < -0.3 is 15.0 Å². The fourth-order valence-electron chi connectivity index (χ4n) is 3.12. The number of methoxy groups -OCH3 is 1. The van der Waals surface area contributed by atoms with Crippen LogP contribution in [0.1, 0.15) is 41.9 Å². The zero-order chi connectivity index (χ0) is 16.9. The summed E-state index contributed by atoms with van der Waals surface area (Å²) in [6, 6.07) is 0. The van der Waals surface area contributed by atoms with Crippen molar-refractivity contribution in [3.63, 3.8) is 0 Å². The van der Waals surface area contributed by atoms with Gasteiger partial charge in [-0.3, -0.25) is 9.59 Å². The van der Waals surface area contributed by atoms with Crippen molar-refractivity contribution < 1.29 is 9.53 Å². The number of ether oxygens (including phenoxy) is 1. The molecule has 130 valence electrons. The molecule has 0 saturated carbocycles. The highest BCUT2D eigenvalue weighted by molar-refractivity contribution is 7.18. The zero-order valence-electron chi connectivity index (χ0n) is 13.9. The Bertz CT molecular complexity index is 781. The highest BCUT2D eigenvalue weighted by Gasteiger charge is 2.19. The lowest BCUT2D eigenvalue weighted by atomic mass is 10.1. The van der Waals surface area contributed by atoms with Crippen LogP contribution in [-0.4, -0.2) is 36.1 Å². The van der Waals surface area contributed by atoms with Crippen molar-refractivity contribution in [3.05, 3.63) is 26.6 Å². The average molecular weight is 349 g/mol. The molecular weight excluding hydrogens is 326 g/mol. The fraction of sp³-hybridized carbons (Fsp3) is 0.588. The minimum Gasteiger partial charge on any atom is -0.383 e. The number of carbonyl (C=O) groups excluding carboxylic acids is 1. The molecular formula is C17H23N3O3S. The minimum absolute atomic E-state index is 0.0586. The fourth-order valence-corrected chi connectivity index (χ4v) is 4.40. The van der Waals surface area contributed by atoms with E-state index in [0.717, 1.165) is 29.5 Å². The van der Waals surface area contributed by atoms with Gasteiger partial charge in [-0.15, -0.1) is 11.3 Å². The third kappa shape index (κ3) is 3.84. The summed E-state index contributed by atoms with van der Waals surface area (Å²) in [4.78, 5) is 33.8. The van der Waals surface area contributed by atoms with Gasteiger partial charge in [0, 0.05) is 31.4 Å². The molecule has 1 amide bonds. The predicted octanol–water partition coefficient (Wildman–Crippen LogP) is 1.95. The molecule has 0 atom stereocenters. The van der Waals surface area contributed by atoms with E-state index in [1.165, 1.54) is 23.3 Å². The van der Waals surface area contributed by atoms with Gasteiger partial charge in [0.25, 0.3) is 5.56 Å². The Hall–Kier alpha value is -1.73. The molecule has 0 radical (unpaired) electrons.